The van der Waals surface area contributed by atoms with Crippen LogP contribution in [0, 0.1) is 0 Å². The Morgan fingerprint density at radius 3 is 2.10 bits per heavy atom. The van der Waals surface area contributed by atoms with E-state index >= 15 is 0 Å². The number of benzene rings is 1. The van der Waals surface area contributed by atoms with Gasteiger partial charge in [0.2, 0.25) is 8.32 Å². The third kappa shape index (κ3) is 6.57. The predicted octanol–water partition coefficient (Wildman–Crippen LogP) is 4.46. The van der Waals surface area contributed by atoms with Crippen LogP contribution in [-0.2, 0) is 9.16 Å². The van der Waals surface area contributed by atoms with Gasteiger partial charge in [-0.2, -0.15) is 0 Å². The lowest BCUT2D eigenvalue weighted by atomic mass is 10.1. The van der Waals surface area contributed by atoms with Crippen molar-refractivity contribution in [3.8, 4) is 0 Å². The molecule has 1 aromatic rings. The molecule has 0 spiro atoms. The lowest BCUT2D eigenvalue weighted by Crippen LogP contribution is -2.23. The third-order valence-corrected chi connectivity index (χ3v) is 3.07. The van der Waals surface area contributed by atoms with Gasteiger partial charge < -0.3 is 9.16 Å². The van der Waals surface area contributed by atoms with Crippen LogP contribution in [0.5, 0.6) is 0 Å². The number of rotatable bonds is 4. The number of ether oxygens (including phenoxy) is 1. The van der Waals surface area contributed by atoms with Crippen molar-refractivity contribution < 1.29 is 14.0 Å². The van der Waals surface area contributed by atoms with Crippen LogP contribution in [0.25, 0.3) is 6.08 Å². The van der Waals surface area contributed by atoms with E-state index in [1.54, 1.807) is 18.4 Å². The zero-order valence-corrected chi connectivity index (χ0v) is 14.2. The molecule has 1 aromatic carbocycles. The summed E-state index contributed by atoms with van der Waals surface area (Å²) in [6, 6.07) is 7.29. The fourth-order valence-electron chi connectivity index (χ4n) is 1.38. The van der Waals surface area contributed by atoms with E-state index in [-0.39, 0.29) is 5.97 Å². The maximum Gasteiger partial charge on any atom is 0.338 e. The Bertz CT molecular complexity index is 476. The second-order valence-corrected chi connectivity index (χ2v) is 11.1. The number of esters is 1. The van der Waals surface area contributed by atoms with Crippen LogP contribution < -0.4 is 0 Å². The average Bonchev–Trinajstić information content (AvgIpc) is 2.25. The Labute approximate surface area is 122 Å². The summed E-state index contributed by atoms with van der Waals surface area (Å²) in [6.07, 6.45) is 3.63. The van der Waals surface area contributed by atoms with Gasteiger partial charge in [-0.1, -0.05) is 12.1 Å². The molecule has 0 radical (unpaired) electrons. The Hall–Kier alpha value is -1.55. The van der Waals surface area contributed by atoms with E-state index < -0.39 is 13.9 Å². The highest BCUT2D eigenvalue weighted by Gasteiger charge is 2.17. The predicted molar refractivity (Wildman–Crippen MR) is 85.1 cm³/mol. The summed E-state index contributed by atoms with van der Waals surface area (Å²) in [4.78, 5) is 11.9. The van der Waals surface area contributed by atoms with E-state index in [0.29, 0.717) is 5.56 Å². The minimum atomic E-state index is -1.53. The average molecular weight is 292 g/mol. The molecule has 3 nitrogen and oxygen atoms in total. The molecule has 0 aliphatic rings. The molecular formula is C16H24O3Si. The summed E-state index contributed by atoms with van der Waals surface area (Å²) in [7, 11) is -1.53. The minimum Gasteiger partial charge on any atom is -0.550 e. The van der Waals surface area contributed by atoms with Crippen LogP contribution in [0.15, 0.2) is 30.5 Å². The van der Waals surface area contributed by atoms with Gasteiger partial charge in [0.1, 0.15) is 5.60 Å². The fraction of sp³-hybridized carbons (Fsp3) is 0.438. The van der Waals surface area contributed by atoms with Crippen LogP contribution in [0.4, 0.5) is 0 Å². The number of carbonyl (C=O) groups is 1. The first kappa shape index (κ1) is 16.5. The van der Waals surface area contributed by atoms with Crippen LogP contribution in [0.1, 0.15) is 36.7 Å². The quantitative estimate of drug-likeness (QED) is 0.467. The highest BCUT2D eigenvalue weighted by atomic mass is 28.4. The third-order valence-electron chi connectivity index (χ3n) is 2.23. The molecule has 1 rings (SSSR count). The Balaban J connectivity index is 2.67. The SMILES string of the molecule is CC(C)(C)OC(=O)c1ccc(C=CO[Si](C)(C)C)cc1. The molecule has 0 bridgehead atoms. The largest absolute Gasteiger partial charge is 0.550 e. The van der Waals surface area contributed by atoms with Crippen LogP contribution in [0.2, 0.25) is 19.6 Å². The molecule has 0 N–H and O–H groups in total. The number of hydrogen-bond acceptors (Lipinski definition) is 3. The van der Waals surface area contributed by atoms with Gasteiger partial charge in [0.05, 0.1) is 11.8 Å². The van der Waals surface area contributed by atoms with Crippen molar-refractivity contribution in [2.45, 2.75) is 46.0 Å². The van der Waals surface area contributed by atoms with Gasteiger partial charge in [-0.05, 0) is 64.2 Å². The molecule has 110 valence electrons. The lowest BCUT2D eigenvalue weighted by molar-refractivity contribution is 0.00695. The van der Waals surface area contributed by atoms with Crippen molar-refractivity contribution in [3.63, 3.8) is 0 Å². The second kappa shape index (κ2) is 6.26. The second-order valence-electron chi connectivity index (χ2n) is 6.66. The highest BCUT2D eigenvalue weighted by Crippen LogP contribution is 2.14. The van der Waals surface area contributed by atoms with E-state index in [9.17, 15) is 4.79 Å². The van der Waals surface area contributed by atoms with Gasteiger partial charge in [-0.25, -0.2) is 4.79 Å². The Kier molecular flexibility index (Phi) is 5.17. The topological polar surface area (TPSA) is 35.5 Å². The first-order chi connectivity index (χ1) is 9.07. The van der Waals surface area contributed by atoms with Crippen molar-refractivity contribution in [2.24, 2.45) is 0 Å². The molecule has 0 saturated carbocycles. The molecule has 0 aliphatic heterocycles. The van der Waals surface area contributed by atoms with Crippen molar-refractivity contribution in [1.29, 1.82) is 0 Å². The first-order valence-electron chi connectivity index (χ1n) is 6.75. The molecule has 0 atom stereocenters. The fourth-order valence-corrected chi connectivity index (χ4v) is 1.86. The molecule has 0 aliphatic carbocycles. The number of carbonyl (C=O) groups excluding carboxylic acids is 1. The Morgan fingerprint density at radius 2 is 1.65 bits per heavy atom. The standard InChI is InChI=1S/C16H24O3Si/c1-16(2,3)19-15(17)14-9-7-13(8-10-14)11-12-18-20(4,5)6/h7-12H,1-6H3. The van der Waals surface area contributed by atoms with Gasteiger partial charge in [0, 0.05) is 0 Å². The van der Waals surface area contributed by atoms with Crippen molar-refractivity contribution in [2.75, 3.05) is 0 Å². The molecular weight excluding hydrogens is 268 g/mol. The van der Waals surface area contributed by atoms with Crippen molar-refractivity contribution >= 4 is 20.4 Å². The maximum atomic E-state index is 11.9. The van der Waals surface area contributed by atoms with E-state index in [0.717, 1.165) is 5.56 Å². The summed E-state index contributed by atoms with van der Waals surface area (Å²) in [5.41, 5.74) is 1.08. The normalized spacial score (nSPS) is 12.5. The summed E-state index contributed by atoms with van der Waals surface area (Å²) in [6.45, 7) is 12.0. The molecule has 0 amide bonds. The zero-order valence-electron chi connectivity index (χ0n) is 13.2. The monoisotopic (exact) mass is 292 g/mol. The molecule has 0 heterocycles. The first-order valence-corrected chi connectivity index (χ1v) is 10.2. The lowest BCUT2D eigenvalue weighted by Gasteiger charge is -2.19. The minimum absolute atomic E-state index is 0.300. The maximum absolute atomic E-state index is 11.9. The van der Waals surface area contributed by atoms with E-state index in [4.69, 9.17) is 9.16 Å². The highest BCUT2D eigenvalue weighted by molar-refractivity contribution is 6.69. The smallest absolute Gasteiger partial charge is 0.338 e. The zero-order chi connectivity index (χ0) is 15.4. The van der Waals surface area contributed by atoms with Crippen LogP contribution in [0.3, 0.4) is 0 Å². The molecule has 0 fully saturated rings. The van der Waals surface area contributed by atoms with Gasteiger partial charge in [0.15, 0.2) is 0 Å². The summed E-state index contributed by atoms with van der Waals surface area (Å²) in [5, 5.41) is 0. The van der Waals surface area contributed by atoms with Gasteiger partial charge in [0.25, 0.3) is 0 Å². The van der Waals surface area contributed by atoms with Crippen LogP contribution >= 0.6 is 0 Å². The van der Waals surface area contributed by atoms with Gasteiger partial charge in [-0.3, -0.25) is 0 Å². The van der Waals surface area contributed by atoms with E-state index in [2.05, 4.69) is 19.6 Å². The summed E-state index contributed by atoms with van der Waals surface area (Å²) >= 11 is 0. The molecule has 20 heavy (non-hydrogen) atoms. The van der Waals surface area contributed by atoms with E-state index in [1.807, 2.05) is 39.0 Å². The summed E-state index contributed by atoms with van der Waals surface area (Å²) < 4.78 is 11.0. The molecule has 0 unspecified atom stereocenters. The number of hydrogen-bond donors (Lipinski definition) is 0. The molecule has 4 heteroatoms. The summed E-state index contributed by atoms with van der Waals surface area (Å²) in [5.74, 6) is -0.300. The molecule has 0 saturated heterocycles. The van der Waals surface area contributed by atoms with Crippen molar-refractivity contribution in [1.82, 2.24) is 0 Å². The van der Waals surface area contributed by atoms with Crippen molar-refractivity contribution in [3.05, 3.63) is 41.7 Å². The van der Waals surface area contributed by atoms with Gasteiger partial charge in [-0.15, -0.1) is 0 Å². The van der Waals surface area contributed by atoms with Crippen LogP contribution in [-0.4, -0.2) is 19.9 Å². The molecule has 0 aromatic heterocycles. The Morgan fingerprint density at radius 1 is 1.10 bits per heavy atom. The van der Waals surface area contributed by atoms with E-state index in [1.165, 1.54) is 0 Å². The van der Waals surface area contributed by atoms with Gasteiger partial charge >= 0.3 is 5.97 Å².